The number of nitrogens with one attached hydrogen (secondary N) is 2. The van der Waals surface area contributed by atoms with Crippen molar-refractivity contribution in [3.63, 3.8) is 0 Å². The molecule has 6 heteroatoms. The fourth-order valence-corrected chi connectivity index (χ4v) is 5.80. The van der Waals surface area contributed by atoms with Crippen molar-refractivity contribution in [1.82, 2.24) is 4.98 Å². The predicted octanol–water partition coefficient (Wildman–Crippen LogP) is 0.558. The van der Waals surface area contributed by atoms with Gasteiger partial charge in [0.05, 0.1) is 10.2 Å². The molecule has 29 heavy (non-hydrogen) atoms. The molecule has 1 aromatic heterocycles. The van der Waals surface area contributed by atoms with Gasteiger partial charge in [0.25, 0.3) is 5.91 Å². The molecular weight excluding hydrogens is 380 g/mol. The molecule has 1 atom stereocenters. The van der Waals surface area contributed by atoms with Crippen molar-refractivity contribution >= 4 is 33.1 Å². The lowest BCUT2D eigenvalue weighted by atomic mass is 10.1. The second-order valence-corrected chi connectivity index (χ2v) is 9.49. The van der Waals surface area contributed by atoms with Gasteiger partial charge in [-0.15, -0.1) is 11.3 Å². The van der Waals surface area contributed by atoms with Crippen LogP contribution in [0.5, 0.6) is 0 Å². The third kappa shape index (κ3) is 3.80. The molecule has 1 saturated heterocycles. The average Bonchev–Trinajstić information content (AvgIpc) is 3.28. The zero-order chi connectivity index (χ0) is 19.8. The van der Waals surface area contributed by atoms with Crippen molar-refractivity contribution in [3.8, 4) is 0 Å². The molecule has 5 rings (SSSR count). The highest BCUT2D eigenvalue weighted by molar-refractivity contribution is 7.18. The Labute approximate surface area is 175 Å². The molecule has 3 heterocycles. The molecule has 0 aliphatic carbocycles. The number of hydrogen-bond donors (Lipinski definition) is 2. The summed E-state index contributed by atoms with van der Waals surface area (Å²) in [7, 11) is 0. The molecule has 0 unspecified atom stereocenters. The van der Waals surface area contributed by atoms with Gasteiger partial charge in [0.1, 0.15) is 37.7 Å². The van der Waals surface area contributed by atoms with Crippen LogP contribution in [0.3, 0.4) is 0 Å². The van der Waals surface area contributed by atoms with Crippen molar-refractivity contribution in [2.24, 2.45) is 0 Å². The summed E-state index contributed by atoms with van der Waals surface area (Å²) in [6.45, 7) is 8.07. The van der Waals surface area contributed by atoms with E-state index in [-0.39, 0.29) is 11.9 Å². The molecule has 2 aromatic carbocycles. The number of benzene rings is 2. The van der Waals surface area contributed by atoms with E-state index in [1.165, 1.54) is 20.2 Å². The molecule has 150 valence electrons. The van der Waals surface area contributed by atoms with Gasteiger partial charge in [-0.3, -0.25) is 4.79 Å². The van der Waals surface area contributed by atoms with E-state index in [0.29, 0.717) is 6.54 Å². The summed E-state index contributed by atoms with van der Waals surface area (Å²) in [4.78, 5) is 22.9. The number of carbonyl (C=O) groups excluding carboxylic acids is 1. The monoisotopic (exact) mass is 408 g/mol. The second kappa shape index (κ2) is 7.86. The molecule has 2 aliphatic rings. The third-order valence-electron chi connectivity index (χ3n) is 6.28. The number of fused-ring (bicyclic) bond motifs is 2. The topological polar surface area (TPSA) is 42.1 Å². The molecule has 0 bridgehead atoms. The average molecular weight is 409 g/mol. The summed E-state index contributed by atoms with van der Waals surface area (Å²) in [6.07, 6.45) is 0.970. The van der Waals surface area contributed by atoms with E-state index < -0.39 is 0 Å². The number of piperazine rings is 1. The van der Waals surface area contributed by atoms with Gasteiger partial charge in [-0.25, -0.2) is 4.98 Å². The standard InChI is InChI=1S/C23H26N4OS/c1-17-14-18-6-2-4-8-20(18)27(17)23(28)16-26-12-10-25(11-13-26)15-22-24-19-7-3-5-9-21(19)29-22/h2-9,17H,10-16H2,1H3/p+2/t17-/m1/s1. The molecule has 0 spiro atoms. The quantitative estimate of drug-likeness (QED) is 0.662. The Kier molecular flexibility index (Phi) is 5.08. The molecule has 2 aliphatic heterocycles. The lowest BCUT2D eigenvalue weighted by Crippen LogP contribution is -3.28. The predicted molar refractivity (Wildman–Crippen MR) is 117 cm³/mol. The lowest BCUT2D eigenvalue weighted by Gasteiger charge is -2.30. The zero-order valence-corrected chi connectivity index (χ0v) is 17.7. The Morgan fingerprint density at radius 3 is 2.62 bits per heavy atom. The molecule has 1 fully saturated rings. The normalized spacial score (nSPS) is 24.0. The summed E-state index contributed by atoms with van der Waals surface area (Å²) >= 11 is 1.81. The van der Waals surface area contributed by atoms with Crippen LogP contribution in [0, 0.1) is 0 Å². The first-order valence-electron chi connectivity index (χ1n) is 10.6. The van der Waals surface area contributed by atoms with Gasteiger partial charge < -0.3 is 14.7 Å². The minimum atomic E-state index is 0.269. The van der Waals surface area contributed by atoms with Crippen molar-refractivity contribution in [3.05, 3.63) is 59.1 Å². The van der Waals surface area contributed by atoms with Gasteiger partial charge in [-0.1, -0.05) is 30.3 Å². The number of anilines is 1. The van der Waals surface area contributed by atoms with Crippen LogP contribution in [0.1, 0.15) is 17.5 Å². The minimum Gasteiger partial charge on any atom is -0.320 e. The van der Waals surface area contributed by atoms with Gasteiger partial charge >= 0.3 is 0 Å². The second-order valence-electron chi connectivity index (χ2n) is 8.37. The Bertz CT molecular complexity index is 991. The smallest absolute Gasteiger partial charge is 0.282 e. The van der Waals surface area contributed by atoms with Gasteiger partial charge in [0, 0.05) is 11.7 Å². The van der Waals surface area contributed by atoms with E-state index in [4.69, 9.17) is 4.98 Å². The third-order valence-corrected chi connectivity index (χ3v) is 7.32. The highest BCUT2D eigenvalue weighted by Gasteiger charge is 2.34. The SMILES string of the molecule is C[C@@H]1Cc2ccccc2N1C(=O)C[NH+]1CC[NH+](Cc2nc3ccccc3s2)CC1. The van der Waals surface area contributed by atoms with Gasteiger partial charge in [0.2, 0.25) is 0 Å². The summed E-state index contributed by atoms with van der Waals surface area (Å²) in [6, 6.07) is 17.0. The summed E-state index contributed by atoms with van der Waals surface area (Å²) in [5.41, 5.74) is 3.53. The van der Waals surface area contributed by atoms with Crippen LogP contribution in [0.4, 0.5) is 5.69 Å². The largest absolute Gasteiger partial charge is 0.320 e. The van der Waals surface area contributed by atoms with Gasteiger partial charge in [-0.05, 0) is 37.1 Å². The van der Waals surface area contributed by atoms with Crippen LogP contribution in [0.25, 0.3) is 10.2 Å². The number of carbonyl (C=O) groups is 1. The van der Waals surface area contributed by atoms with Crippen LogP contribution in [-0.4, -0.2) is 49.7 Å². The van der Waals surface area contributed by atoms with Crippen molar-refractivity contribution in [2.45, 2.75) is 25.9 Å². The Balaban J connectivity index is 1.16. The van der Waals surface area contributed by atoms with Crippen LogP contribution < -0.4 is 14.7 Å². The number of para-hydroxylation sites is 2. The maximum absolute atomic E-state index is 13.0. The van der Waals surface area contributed by atoms with E-state index in [1.54, 1.807) is 4.90 Å². The number of nitrogens with zero attached hydrogens (tertiary/aromatic N) is 2. The number of hydrogen-bond acceptors (Lipinski definition) is 3. The van der Waals surface area contributed by atoms with Crippen molar-refractivity contribution < 1.29 is 14.6 Å². The van der Waals surface area contributed by atoms with Crippen LogP contribution in [0.2, 0.25) is 0 Å². The maximum Gasteiger partial charge on any atom is 0.282 e. The van der Waals surface area contributed by atoms with Crippen LogP contribution in [-0.2, 0) is 17.8 Å². The minimum absolute atomic E-state index is 0.269. The van der Waals surface area contributed by atoms with E-state index in [9.17, 15) is 4.79 Å². The summed E-state index contributed by atoms with van der Waals surface area (Å²) < 4.78 is 1.27. The maximum atomic E-state index is 13.0. The van der Waals surface area contributed by atoms with E-state index in [2.05, 4.69) is 49.4 Å². The number of aromatic nitrogens is 1. The molecule has 3 aromatic rings. The first-order valence-corrected chi connectivity index (χ1v) is 11.4. The van der Waals surface area contributed by atoms with E-state index >= 15 is 0 Å². The fraction of sp³-hybridized carbons (Fsp3) is 0.391. The molecular formula is C23H28N4OS+2. The molecule has 0 saturated carbocycles. The first kappa shape index (κ1) is 18.7. The van der Waals surface area contributed by atoms with Crippen molar-refractivity contribution in [1.29, 1.82) is 0 Å². The van der Waals surface area contributed by atoms with E-state index in [1.807, 2.05) is 22.3 Å². The number of rotatable bonds is 4. The van der Waals surface area contributed by atoms with Crippen molar-refractivity contribution in [2.75, 3.05) is 37.6 Å². The fourth-order valence-electron chi connectivity index (χ4n) is 4.76. The molecule has 5 nitrogen and oxygen atoms in total. The highest BCUT2D eigenvalue weighted by atomic mass is 32.1. The summed E-state index contributed by atoms with van der Waals surface area (Å²) in [5, 5.41) is 1.23. The Hall–Kier alpha value is -2.28. The van der Waals surface area contributed by atoms with E-state index in [0.717, 1.165) is 50.3 Å². The molecule has 0 radical (unpaired) electrons. The first-order chi connectivity index (χ1) is 14.2. The Morgan fingerprint density at radius 1 is 1.07 bits per heavy atom. The molecule has 2 N–H and O–H groups in total. The Morgan fingerprint density at radius 2 is 1.79 bits per heavy atom. The molecule has 1 amide bonds. The lowest BCUT2D eigenvalue weighted by molar-refractivity contribution is -1.02. The number of quaternary nitrogens is 2. The van der Waals surface area contributed by atoms with Crippen LogP contribution >= 0.6 is 11.3 Å². The summed E-state index contributed by atoms with van der Waals surface area (Å²) in [5.74, 6) is 0.270. The number of amides is 1. The number of thiazole rings is 1. The zero-order valence-electron chi connectivity index (χ0n) is 16.9. The van der Waals surface area contributed by atoms with Gasteiger partial charge in [0.15, 0.2) is 6.54 Å². The highest BCUT2D eigenvalue weighted by Crippen LogP contribution is 2.31. The van der Waals surface area contributed by atoms with Crippen LogP contribution in [0.15, 0.2) is 48.5 Å². The van der Waals surface area contributed by atoms with Gasteiger partial charge in [-0.2, -0.15) is 0 Å².